The van der Waals surface area contributed by atoms with Crippen LogP contribution in [-0.4, -0.2) is 44.4 Å². The normalized spacial score (nSPS) is 29.5. The topological polar surface area (TPSA) is 54.9 Å². The van der Waals surface area contributed by atoms with Crippen molar-refractivity contribution in [1.29, 1.82) is 0 Å². The molecule has 3 unspecified atom stereocenters. The minimum absolute atomic E-state index is 0.108. The lowest BCUT2D eigenvalue weighted by Gasteiger charge is -2.32. The largest absolute Gasteiger partial charge is 0.373 e. The van der Waals surface area contributed by atoms with Gasteiger partial charge in [0, 0.05) is 32.2 Å². The van der Waals surface area contributed by atoms with Crippen LogP contribution in [-0.2, 0) is 9.47 Å². The van der Waals surface area contributed by atoms with Crippen molar-refractivity contribution in [3.63, 3.8) is 0 Å². The van der Waals surface area contributed by atoms with Crippen LogP contribution in [0.1, 0.15) is 51.2 Å². The second kappa shape index (κ2) is 9.38. The summed E-state index contributed by atoms with van der Waals surface area (Å²) in [6, 6.07) is 10.6. The second-order valence-corrected chi connectivity index (χ2v) is 7.58. The standard InChI is InChI=1S/C21H33N3O2/c1-3-22-20(24-16-21(2)12-8-14-26-21)23-15-18-11-7-13-25-19(18)17-9-5-4-6-10-17/h4-6,9-10,18-19H,3,7-8,11-16H2,1-2H3,(H2,22,23,24). The zero-order valence-corrected chi connectivity index (χ0v) is 16.2. The second-order valence-electron chi connectivity index (χ2n) is 7.58. The number of nitrogens with one attached hydrogen (secondary N) is 2. The van der Waals surface area contributed by atoms with E-state index in [0.717, 1.165) is 51.5 Å². The molecule has 2 saturated heterocycles. The summed E-state index contributed by atoms with van der Waals surface area (Å²) >= 11 is 0. The number of aliphatic imine (C=N–C) groups is 1. The third kappa shape index (κ3) is 5.21. The molecule has 0 bridgehead atoms. The summed E-state index contributed by atoms with van der Waals surface area (Å²) in [6.45, 7) is 8.38. The van der Waals surface area contributed by atoms with Crippen LogP contribution < -0.4 is 10.6 Å². The average Bonchev–Trinajstić information content (AvgIpc) is 3.12. The molecule has 0 amide bonds. The summed E-state index contributed by atoms with van der Waals surface area (Å²) in [5.41, 5.74) is 1.16. The van der Waals surface area contributed by atoms with Crippen LogP contribution in [0.5, 0.6) is 0 Å². The highest BCUT2D eigenvalue weighted by Gasteiger charge is 2.30. The van der Waals surface area contributed by atoms with Gasteiger partial charge in [0.1, 0.15) is 0 Å². The maximum absolute atomic E-state index is 6.11. The van der Waals surface area contributed by atoms with Crippen LogP contribution in [0.3, 0.4) is 0 Å². The van der Waals surface area contributed by atoms with Crippen molar-refractivity contribution < 1.29 is 9.47 Å². The van der Waals surface area contributed by atoms with Crippen LogP contribution in [0.15, 0.2) is 35.3 Å². The van der Waals surface area contributed by atoms with Crippen molar-refractivity contribution in [2.45, 2.75) is 51.2 Å². The molecule has 2 fully saturated rings. The van der Waals surface area contributed by atoms with Gasteiger partial charge in [-0.15, -0.1) is 0 Å². The number of benzene rings is 1. The van der Waals surface area contributed by atoms with Gasteiger partial charge in [0.05, 0.1) is 18.2 Å². The minimum atomic E-state index is -0.108. The van der Waals surface area contributed by atoms with E-state index in [0.29, 0.717) is 12.5 Å². The third-order valence-electron chi connectivity index (χ3n) is 5.32. The number of ether oxygens (including phenoxy) is 2. The first-order chi connectivity index (χ1) is 12.7. The summed E-state index contributed by atoms with van der Waals surface area (Å²) in [7, 11) is 0. The number of rotatable bonds is 6. The van der Waals surface area contributed by atoms with Crippen LogP contribution in [0.2, 0.25) is 0 Å². The highest BCUT2D eigenvalue weighted by molar-refractivity contribution is 5.79. The van der Waals surface area contributed by atoms with E-state index in [4.69, 9.17) is 14.5 Å². The molecule has 1 aromatic rings. The highest BCUT2D eigenvalue weighted by atomic mass is 16.5. The molecule has 2 aliphatic rings. The molecule has 0 aliphatic carbocycles. The Kier molecular flexibility index (Phi) is 6.92. The molecule has 2 heterocycles. The molecule has 5 heteroatoms. The fourth-order valence-electron chi connectivity index (χ4n) is 3.84. The van der Waals surface area contributed by atoms with E-state index in [9.17, 15) is 0 Å². The van der Waals surface area contributed by atoms with Crippen molar-refractivity contribution in [2.75, 3.05) is 32.8 Å². The molecule has 2 aliphatic heterocycles. The van der Waals surface area contributed by atoms with E-state index in [-0.39, 0.29) is 11.7 Å². The molecule has 144 valence electrons. The highest BCUT2D eigenvalue weighted by Crippen LogP contribution is 2.33. The van der Waals surface area contributed by atoms with Crippen molar-refractivity contribution >= 4 is 5.96 Å². The molecule has 0 saturated carbocycles. The van der Waals surface area contributed by atoms with Crippen molar-refractivity contribution in [3.05, 3.63) is 35.9 Å². The number of nitrogens with zero attached hydrogens (tertiary/aromatic N) is 1. The lowest BCUT2D eigenvalue weighted by atomic mass is 9.89. The molecule has 5 nitrogen and oxygen atoms in total. The van der Waals surface area contributed by atoms with Gasteiger partial charge in [-0.3, -0.25) is 4.99 Å². The SMILES string of the molecule is CCNC(=NCC1(C)CCCO1)NCC1CCCOC1c1ccccc1. The molecular weight excluding hydrogens is 326 g/mol. The van der Waals surface area contributed by atoms with Crippen molar-refractivity contribution in [2.24, 2.45) is 10.9 Å². The monoisotopic (exact) mass is 359 g/mol. The van der Waals surface area contributed by atoms with Crippen LogP contribution in [0, 0.1) is 5.92 Å². The van der Waals surface area contributed by atoms with Crippen molar-refractivity contribution in [3.8, 4) is 0 Å². The molecule has 2 N–H and O–H groups in total. The van der Waals surface area contributed by atoms with Gasteiger partial charge in [-0.05, 0) is 45.1 Å². The fraction of sp³-hybridized carbons (Fsp3) is 0.667. The Morgan fingerprint density at radius 1 is 1.19 bits per heavy atom. The van der Waals surface area contributed by atoms with Gasteiger partial charge in [-0.2, -0.15) is 0 Å². The first-order valence-electron chi connectivity index (χ1n) is 10.0. The van der Waals surface area contributed by atoms with Crippen LogP contribution >= 0.6 is 0 Å². The van der Waals surface area contributed by atoms with E-state index >= 15 is 0 Å². The summed E-state index contributed by atoms with van der Waals surface area (Å²) in [5.74, 6) is 1.33. The molecule has 0 aromatic heterocycles. The van der Waals surface area contributed by atoms with Gasteiger partial charge >= 0.3 is 0 Å². The van der Waals surface area contributed by atoms with Gasteiger partial charge in [0.2, 0.25) is 0 Å². The smallest absolute Gasteiger partial charge is 0.191 e. The molecule has 0 radical (unpaired) electrons. The van der Waals surface area contributed by atoms with E-state index in [1.165, 1.54) is 12.0 Å². The Balaban J connectivity index is 1.59. The van der Waals surface area contributed by atoms with Gasteiger partial charge in [0.15, 0.2) is 5.96 Å². The summed E-state index contributed by atoms with van der Waals surface area (Å²) in [4.78, 5) is 4.78. The zero-order chi connectivity index (χ0) is 18.2. The first-order valence-corrected chi connectivity index (χ1v) is 10.0. The van der Waals surface area contributed by atoms with Gasteiger partial charge in [0.25, 0.3) is 0 Å². The van der Waals surface area contributed by atoms with Crippen LogP contribution in [0.25, 0.3) is 0 Å². The lowest BCUT2D eigenvalue weighted by Crippen LogP contribution is -2.43. The molecule has 26 heavy (non-hydrogen) atoms. The fourth-order valence-corrected chi connectivity index (χ4v) is 3.84. The zero-order valence-electron chi connectivity index (χ0n) is 16.2. The quantitative estimate of drug-likeness (QED) is 0.605. The molecular formula is C21H33N3O2. The summed E-state index contributed by atoms with van der Waals surface area (Å²) in [5, 5.41) is 6.90. The van der Waals surface area contributed by atoms with Gasteiger partial charge in [-0.1, -0.05) is 30.3 Å². The van der Waals surface area contributed by atoms with E-state index in [1.807, 2.05) is 0 Å². The maximum atomic E-state index is 6.11. The van der Waals surface area contributed by atoms with Crippen LogP contribution in [0.4, 0.5) is 0 Å². The van der Waals surface area contributed by atoms with E-state index in [1.54, 1.807) is 0 Å². The van der Waals surface area contributed by atoms with Crippen molar-refractivity contribution in [1.82, 2.24) is 10.6 Å². The summed E-state index contributed by atoms with van der Waals surface area (Å²) in [6.07, 6.45) is 4.68. The molecule has 1 aromatic carbocycles. The third-order valence-corrected chi connectivity index (χ3v) is 5.32. The number of hydrogen-bond donors (Lipinski definition) is 2. The van der Waals surface area contributed by atoms with E-state index in [2.05, 4.69) is 54.8 Å². The Morgan fingerprint density at radius 2 is 2.04 bits per heavy atom. The van der Waals surface area contributed by atoms with Gasteiger partial charge < -0.3 is 20.1 Å². The Labute approximate surface area is 157 Å². The molecule has 0 spiro atoms. The summed E-state index contributed by atoms with van der Waals surface area (Å²) < 4.78 is 12.0. The predicted octanol–water partition coefficient (Wildman–Crippen LogP) is 3.28. The number of hydrogen-bond acceptors (Lipinski definition) is 3. The molecule has 3 rings (SSSR count). The first kappa shape index (κ1) is 19.2. The lowest BCUT2D eigenvalue weighted by molar-refractivity contribution is -0.0265. The Bertz CT molecular complexity index is 570. The average molecular weight is 360 g/mol. The maximum Gasteiger partial charge on any atom is 0.191 e. The molecule has 3 atom stereocenters. The predicted molar refractivity (Wildman–Crippen MR) is 105 cm³/mol. The Morgan fingerprint density at radius 3 is 2.77 bits per heavy atom. The Hall–Kier alpha value is -1.59. The minimum Gasteiger partial charge on any atom is -0.373 e. The van der Waals surface area contributed by atoms with E-state index < -0.39 is 0 Å². The number of guanidine groups is 1. The van der Waals surface area contributed by atoms with Gasteiger partial charge in [-0.25, -0.2) is 0 Å².